The van der Waals surface area contributed by atoms with Gasteiger partial charge in [-0.05, 0) is 78.4 Å². The number of benzene rings is 8. The highest BCUT2D eigenvalue weighted by Crippen LogP contribution is 2.34. The van der Waals surface area contributed by atoms with Crippen LogP contribution in [0.2, 0.25) is 0 Å². The van der Waals surface area contributed by atoms with E-state index >= 15 is 0 Å². The van der Waals surface area contributed by atoms with Gasteiger partial charge in [0.1, 0.15) is 0 Å². The van der Waals surface area contributed by atoms with Gasteiger partial charge in [-0.2, -0.15) is 0 Å². The Bertz CT molecular complexity index is 2410. The Morgan fingerprint density at radius 1 is 0.269 bits per heavy atom. The van der Waals surface area contributed by atoms with Gasteiger partial charge in [0.15, 0.2) is 0 Å². The maximum Gasteiger partial charge on any atom is 0.0547 e. The van der Waals surface area contributed by atoms with Crippen LogP contribution in [0.4, 0.5) is 0 Å². The Hall–Kier alpha value is -6.44. The largest absolute Gasteiger partial charge is 0.309 e. The van der Waals surface area contributed by atoms with E-state index in [-0.39, 0.29) is 0 Å². The van der Waals surface area contributed by atoms with Crippen molar-refractivity contribution in [1.29, 1.82) is 0 Å². The third kappa shape index (κ3) is 7.96. The molecule has 0 amide bonds. The highest BCUT2D eigenvalue weighted by Gasteiger charge is 2.12. The molecule has 0 fully saturated rings. The highest BCUT2D eigenvalue weighted by atomic mass is 15.0. The maximum absolute atomic E-state index is 2.37. The maximum atomic E-state index is 2.37. The van der Waals surface area contributed by atoms with Gasteiger partial charge in [-0.25, -0.2) is 0 Å². The van der Waals surface area contributed by atoms with Crippen LogP contribution in [0.5, 0.6) is 0 Å². The van der Waals surface area contributed by atoms with E-state index in [0.29, 0.717) is 0 Å². The van der Waals surface area contributed by atoms with Crippen LogP contribution in [0.15, 0.2) is 206 Å². The first-order chi connectivity index (χ1) is 25.5. The summed E-state index contributed by atoms with van der Waals surface area (Å²) in [4.78, 5) is 0. The normalized spacial score (nSPS) is 10.6. The first-order valence-corrected chi connectivity index (χ1v) is 17.9. The molecule has 1 nitrogen and oxygen atoms in total. The van der Waals surface area contributed by atoms with E-state index in [2.05, 4.69) is 219 Å². The molecule has 0 aliphatic heterocycles. The van der Waals surface area contributed by atoms with E-state index in [1.807, 2.05) is 12.1 Å². The molecule has 8 aromatic carbocycles. The van der Waals surface area contributed by atoms with E-state index in [0.717, 1.165) is 0 Å². The van der Waals surface area contributed by atoms with Crippen molar-refractivity contribution in [2.75, 3.05) is 0 Å². The molecule has 1 heterocycles. The number of hydrogen-bond acceptors (Lipinski definition) is 0. The van der Waals surface area contributed by atoms with E-state index in [1.165, 1.54) is 77.6 Å². The van der Waals surface area contributed by atoms with Gasteiger partial charge in [-0.15, -0.1) is 0 Å². The number of rotatable bonds is 4. The van der Waals surface area contributed by atoms with Crippen molar-refractivity contribution in [3.05, 3.63) is 223 Å². The van der Waals surface area contributed by atoms with Crippen LogP contribution < -0.4 is 0 Å². The van der Waals surface area contributed by atoms with Crippen LogP contribution in [-0.4, -0.2) is 4.57 Å². The minimum absolute atomic E-state index is 1.19. The van der Waals surface area contributed by atoms with Gasteiger partial charge in [-0.3, -0.25) is 0 Å². The Balaban J connectivity index is 0.000000136. The summed E-state index contributed by atoms with van der Waals surface area (Å²) in [5, 5.41) is 2.59. The molecule has 1 aromatic heterocycles. The summed E-state index contributed by atoms with van der Waals surface area (Å²) in [5.41, 5.74) is 15.2. The molecule has 9 aromatic rings. The first-order valence-electron chi connectivity index (χ1n) is 17.9. The van der Waals surface area contributed by atoms with Gasteiger partial charge < -0.3 is 4.57 Å². The molecule has 9 rings (SSSR count). The minimum atomic E-state index is 1.19. The van der Waals surface area contributed by atoms with Crippen LogP contribution >= 0.6 is 0 Å². The lowest BCUT2D eigenvalue weighted by atomic mass is 10.0. The average molecular weight is 670 g/mol. The summed E-state index contributed by atoms with van der Waals surface area (Å²) in [6, 6.07) is 72.8. The molecule has 0 saturated heterocycles. The highest BCUT2D eigenvalue weighted by molar-refractivity contribution is 6.10. The summed E-state index contributed by atoms with van der Waals surface area (Å²) in [5.74, 6) is 0. The lowest BCUT2D eigenvalue weighted by Gasteiger charge is -2.09. The molecular weight excluding hydrogens is 627 g/mol. The number of aromatic nitrogens is 1. The molecule has 1 heteroatoms. The summed E-state index contributed by atoms with van der Waals surface area (Å²) >= 11 is 0. The minimum Gasteiger partial charge on any atom is -0.309 e. The SMILES string of the molecule is Cc1ccc(-c2ccccc2)cc1.Cc1ccc(-c2ccccc2)cc1.Cc1cccc(-c2ccc3c4ccccc4n(-c4ccccc4)c3c2)c1. The van der Waals surface area contributed by atoms with Crippen LogP contribution in [0.25, 0.3) is 60.9 Å². The molecule has 0 atom stereocenters. The average Bonchev–Trinajstić information content (AvgIpc) is 3.54. The topological polar surface area (TPSA) is 4.93 Å². The Morgan fingerprint density at radius 3 is 1.25 bits per heavy atom. The van der Waals surface area contributed by atoms with Crippen LogP contribution in [0, 0.1) is 20.8 Å². The molecule has 0 N–H and O–H groups in total. The Labute approximate surface area is 308 Å². The fraction of sp³-hybridized carbons (Fsp3) is 0.0588. The molecule has 0 spiro atoms. The molecule has 0 saturated carbocycles. The number of aryl methyl sites for hydroxylation is 3. The second kappa shape index (κ2) is 16.1. The fourth-order valence-electron chi connectivity index (χ4n) is 6.58. The third-order valence-electron chi connectivity index (χ3n) is 9.36. The first kappa shape index (κ1) is 34.0. The van der Waals surface area contributed by atoms with Gasteiger partial charge >= 0.3 is 0 Å². The van der Waals surface area contributed by atoms with E-state index in [9.17, 15) is 0 Å². The molecule has 252 valence electrons. The van der Waals surface area contributed by atoms with Gasteiger partial charge in [0, 0.05) is 16.5 Å². The molecule has 0 unspecified atom stereocenters. The summed E-state index contributed by atoms with van der Waals surface area (Å²) < 4.78 is 2.37. The summed E-state index contributed by atoms with van der Waals surface area (Å²) in [6.07, 6.45) is 0. The quantitative estimate of drug-likeness (QED) is 0.176. The fourth-order valence-corrected chi connectivity index (χ4v) is 6.58. The Kier molecular flexibility index (Phi) is 10.5. The van der Waals surface area contributed by atoms with Crippen molar-refractivity contribution < 1.29 is 0 Å². The van der Waals surface area contributed by atoms with Crippen LogP contribution in [-0.2, 0) is 0 Å². The van der Waals surface area contributed by atoms with Crippen molar-refractivity contribution in [3.63, 3.8) is 0 Å². The summed E-state index contributed by atoms with van der Waals surface area (Å²) in [6.45, 7) is 6.35. The van der Waals surface area contributed by atoms with Crippen molar-refractivity contribution in [2.45, 2.75) is 20.8 Å². The zero-order valence-electron chi connectivity index (χ0n) is 30.1. The Morgan fingerprint density at radius 2 is 0.692 bits per heavy atom. The number of nitrogens with zero attached hydrogens (tertiary/aromatic N) is 1. The van der Waals surface area contributed by atoms with Crippen LogP contribution in [0.1, 0.15) is 16.7 Å². The summed E-state index contributed by atoms with van der Waals surface area (Å²) in [7, 11) is 0. The zero-order chi connectivity index (χ0) is 35.7. The standard InChI is InChI=1S/C25H19N.2C13H12/c1-18-8-7-9-19(16-18)20-14-15-23-22-12-5-6-13-24(22)26(25(23)17-20)21-10-3-2-4-11-21;2*1-11-7-9-13(10-8-11)12-5-3-2-4-6-12/h2-17H,1H3;2*2-10H,1H3. The van der Waals surface area contributed by atoms with Crippen molar-refractivity contribution in [1.82, 2.24) is 4.57 Å². The second-order valence-corrected chi connectivity index (χ2v) is 13.3. The molecule has 0 aliphatic rings. The van der Waals surface area contributed by atoms with Crippen LogP contribution in [0.3, 0.4) is 0 Å². The molecular formula is C51H43N. The van der Waals surface area contributed by atoms with E-state index in [1.54, 1.807) is 0 Å². The van der Waals surface area contributed by atoms with Gasteiger partial charge in [0.2, 0.25) is 0 Å². The van der Waals surface area contributed by atoms with E-state index in [4.69, 9.17) is 0 Å². The second-order valence-electron chi connectivity index (χ2n) is 13.3. The lowest BCUT2D eigenvalue weighted by Crippen LogP contribution is -1.93. The van der Waals surface area contributed by atoms with Crippen molar-refractivity contribution in [3.8, 4) is 39.1 Å². The molecule has 0 aliphatic carbocycles. The third-order valence-corrected chi connectivity index (χ3v) is 9.36. The van der Waals surface area contributed by atoms with Gasteiger partial charge in [0.25, 0.3) is 0 Å². The number of hydrogen-bond donors (Lipinski definition) is 0. The van der Waals surface area contributed by atoms with Crippen molar-refractivity contribution >= 4 is 21.8 Å². The smallest absolute Gasteiger partial charge is 0.0547 e. The predicted molar refractivity (Wildman–Crippen MR) is 224 cm³/mol. The van der Waals surface area contributed by atoms with Gasteiger partial charge in [-0.1, -0.05) is 199 Å². The number of para-hydroxylation sites is 2. The number of fused-ring (bicyclic) bond motifs is 3. The molecule has 0 radical (unpaired) electrons. The lowest BCUT2D eigenvalue weighted by molar-refractivity contribution is 1.18. The van der Waals surface area contributed by atoms with E-state index < -0.39 is 0 Å². The predicted octanol–water partition coefficient (Wildman–Crippen LogP) is 14.1. The monoisotopic (exact) mass is 669 g/mol. The van der Waals surface area contributed by atoms with Gasteiger partial charge in [0.05, 0.1) is 11.0 Å². The molecule has 52 heavy (non-hydrogen) atoms. The van der Waals surface area contributed by atoms with Crippen molar-refractivity contribution in [2.24, 2.45) is 0 Å². The molecule has 0 bridgehead atoms. The zero-order valence-corrected chi connectivity index (χ0v) is 30.1.